The van der Waals surface area contributed by atoms with Crippen LogP contribution >= 0.6 is 0 Å². The number of aromatic nitrogens is 1. The Morgan fingerprint density at radius 1 is 1.00 bits per heavy atom. The fourth-order valence-electron chi connectivity index (χ4n) is 1.94. The first-order valence-electron chi connectivity index (χ1n) is 5.39. The van der Waals surface area contributed by atoms with Crippen molar-refractivity contribution in [2.24, 2.45) is 0 Å². The van der Waals surface area contributed by atoms with Gasteiger partial charge >= 0.3 is 0 Å². The Labute approximate surface area is 91.4 Å². The molecule has 0 fully saturated rings. The Morgan fingerprint density at radius 2 is 1.67 bits per heavy atom. The number of hydrogen-bond acceptors (Lipinski definition) is 0. The van der Waals surface area contributed by atoms with Crippen molar-refractivity contribution >= 4 is 0 Å². The molecule has 15 heavy (non-hydrogen) atoms. The minimum atomic E-state index is 0.417. The number of aryl methyl sites for hydroxylation is 1. The molecule has 78 valence electrons. The molecule has 1 aromatic heterocycles. The minimum Gasteiger partial charge on any atom is -0.344 e. The van der Waals surface area contributed by atoms with Crippen LogP contribution in [0.2, 0.25) is 0 Å². The summed E-state index contributed by atoms with van der Waals surface area (Å²) in [5, 5.41) is 0. The number of nitrogens with zero attached hydrogens (tertiary/aromatic N) is 1. The zero-order valence-electron chi connectivity index (χ0n) is 9.57. The Balaban J connectivity index is 2.37. The molecule has 0 aliphatic rings. The van der Waals surface area contributed by atoms with Gasteiger partial charge in [0.2, 0.25) is 0 Å². The monoisotopic (exact) mass is 199 g/mol. The van der Waals surface area contributed by atoms with Crippen molar-refractivity contribution in [3.05, 3.63) is 59.4 Å². The van der Waals surface area contributed by atoms with E-state index in [4.69, 9.17) is 0 Å². The maximum absolute atomic E-state index is 2.32. The fourth-order valence-corrected chi connectivity index (χ4v) is 1.94. The average molecular weight is 199 g/mol. The summed E-state index contributed by atoms with van der Waals surface area (Å²) in [5.74, 6) is 0. The van der Waals surface area contributed by atoms with Crippen molar-refractivity contribution in [2.45, 2.75) is 26.8 Å². The van der Waals surface area contributed by atoms with Crippen molar-refractivity contribution in [2.75, 3.05) is 0 Å². The molecule has 1 heterocycles. The number of hydrogen-bond donors (Lipinski definition) is 0. The standard InChI is InChI=1S/C14H17N/c1-11-9-10-15(12(11)2)13(3)14-7-5-4-6-8-14/h4-10,13H,1-3H3. The van der Waals surface area contributed by atoms with Crippen LogP contribution in [0.5, 0.6) is 0 Å². The second kappa shape index (κ2) is 3.93. The third-order valence-corrected chi connectivity index (χ3v) is 3.14. The summed E-state index contributed by atoms with van der Waals surface area (Å²) in [6.07, 6.45) is 2.17. The third-order valence-electron chi connectivity index (χ3n) is 3.14. The topological polar surface area (TPSA) is 4.93 Å². The fraction of sp³-hybridized carbons (Fsp3) is 0.286. The van der Waals surface area contributed by atoms with Crippen molar-refractivity contribution < 1.29 is 0 Å². The summed E-state index contributed by atoms with van der Waals surface area (Å²) < 4.78 is 2.32. The van der Waals surface area contributed by atoms with Gasteiger partial charge < -0.3 is 4.57 Å². The zero-order valence-corrected chi connectivity index (χ0v) is 9.57. The molecule has 0 radical (unpaired) electrons. The maximum atomic E-state index is 2.32. The van der Waals surface area contributed by atoms with E-state index in [-0.39, 0.29) is 0 Å². The van der Waals surface area contributed by atoms with E-state index < -0.39 is 0 Å². The first kappa shape index (κ1) is 10.0. The van der Waals surface area contributed by atoms with Gasteiger partial charge in [0, 0.05) is 11.9 Å². The summed E-state index contributed by atoms with van der Waals surface area (Å²) in [6.45, 7) is 6.57. The molecular formula is C14H17N. The Bertz CT molecular complexity index is 440. The second-order valence-electron chi connectivity index (χ2n) is 4.08. The van der Waals surface area contributed by atoms with Crippen LogP contribution in [0.1, 0.15) is 29.8 Å². The SMILES string of the molecule is Cc1ccn(C(C)c2ccccc2)c1C. The van der Waals surface area contributed by atoms with E-state index >= 15 is 0 Å². The van der Waals surface area contributed by atoms with Crippen LogP contribution < -0.4 is 0 Å². The van der Waals surface area contributed by atoms with Crippen molar-refractivity contribution in [3.8, 4) is 0 Å². The Morgan fingerprint density at radius 3 is 2.20 bits per heavy atom. The molecule has 0 amide bonds. The van der Waals surface area contributed by atoms with Gasteiger partial charge in [-0.25, -0.2) is 0 Å². The molecule has 1 heteroatoms. The van der Waals surface area contributed by atoms with Gasteiger partial charge in [0.05, 0.1) is 6.04 Å². The summed E-state index contributed by atoms with van der Waals surface area (Å²) >= 11 is 0. The quantitative estimate of drug-likeness (QED) is 0.694. The van der Waals surface area contributed by atoms with E-state index in [1.54, 1.807) is 0 Å². The van der Waals surface area contributed by atoms with Gasteiger partial charge in [-0.05, 0) is 38.0 Å². The van der Waals surface area contributed by atoms with Gasteiger partial charge in [-0.2, -0.15) is 0 Å². The average Bonchev–Trinajstić information content (AvgIpc) is 2.60. The van der Waals surface area contributed by atoms with Crippen LogP contribution in [-0.2, 0) is 0 Å². The van der Waals surface area contributed by atoms with Crippen LogP contribution in [0.3, 0.4) is 0 Å². The van der Waals surface area contributed by atoms with Gasteiger partial charge in [-0.15, -0.1) is 0 Å². The van der Waals surface area contributed by atoms with E-state index in [0.717, 1.165) is 0 Å². The van der Waals surface area contributed by atoms with Gasteiger partial charge in [0.15, 0.2) is 0 Å². The van der Waals surface area contributed by atoms with Crippen molar-refractivity contribution in [1.29, 1.82) is 0 Å². The summed E-state index contributed by atoms with van der Waals surface area (Å²) in [7, 11) is 0. The van der Waals surface area contributed by atoms with E-state index in [1.807, 2.05) is 0 Å². The molecule has 0 aliphatic carbocycles. The predicted molar refractivity (Wildman–Crippen MR) is 64.2 cm³/mol. The van der Waals surface area contributed by atoms with Crippen LogP contribution in [0.15, 0.2) is 42.6 Å². The molecular weight excluding hydrogens is 182 g/mol. The summed E-state index contributed by atoms with van der Waals surface area (Å²) in [6, 6.07) is 13.2. The van der Waals surface area contributed by atoms with Crippen LogP contribution in [0.25, 0.3) is 0 Å². The van der Waals surface area contributed by atoms with Gasteiger partial charge in [-0.3, -0.25) is 0 Å². The van der Waals surface area contributed by atoms with Crippen LogP contribution in [0.4, 0.5) is 0 Å². The van der Waals surface area contributed by atoms with E-state index in [2.05, 4.69) is 67.9 Å². The highest BCUT2D eigenvalue weighted by molar-refractivity contribution is 5.25. The van der Waals surface area contributed by atoms with Crippen molar-refractivity contribution in [1.82, 2.24) is 4.57 Å². The lowest BCUT2D eigenvalue weighted by Gasteiger charge is -2.16. The number of benzene rings is 1. The minimum absolute atomic E-state index is 0.417. The van der Waals surface area contributed by atoms with E-state index in [1.165, 1.54) is 16.8 Å². The third kappa shape index (κ3) is 1.82. The lowest BCUT2D eigenvalue weighted by Crippen LogP contribution is -2.07. The smallest absolute Gasteiger partial charge is 0.0554 e. The molecule has 0 saturated carbocycles. The zero-order chi connectivity index (χ0) is 10.8. The largest absolute Gasteiger partial charge is 0.344 e. The van der Waals surface area contributed by atoms with E-state index in [0.29, 0.717) is 6.04 Å². The lowest BCUT2D eigenvalue weighted by molar-refractivity contribution is 0.625. The van der Waals surface area contributed by atoms with E-state index in [9.17, 15) is 0 Å². The first-order valence-corrected chi connectivity index (χ1v) is 5.39. The molecule has 1 unspecified atom stereocenters. The number of rotatable bonds is 2. The molecule has 0 saturated heterocycles. The molecule has 2 aromatic rings. The molecule has 1 atom stereocenters. The molecule has 0 spiro atoms. The summed E-state index contributed by atoms with van der Waals surface area (Å²) in [5.41, 5.74) is 4.07. The van der Waals surface area contributed by atoms with Crippen molar-refractivity contribution in [3.63, 3.8) is 0 Å². The highest BCUT2D eigenvalue weighted by Crippen LogP contribution is 2.21. The normalized spacial score (nSPS) is 12.7. The summed E-state index contributed by atoms with van der Waals surface area (Å²) in [4.78, 5) is 0. The lowest BCUT2D eigenvalue weighted by atomic mass is 10.1. The molecule has 0 aliphatic heterocycles. The Hall–Kier alpha value is -1.50. The van der Waals surface area contributed by atoms with Crippen LogP contribution in [-0.4, -0.2) is 4.57 Å². The first-order chi connectivity index (χ1) is 7.20. The second-order valence-corrected chi connectivity index (χ2v) is 4.08. The van der Waals surface area contributed by atoms with Gasteiger partial charge in [-0.1, -0.05) is 30.3 Å². The molecule has 1 nitrogen and oxygen atoms in total. The maximum Gasteiger partial charge on any atom is 0.0554 e. The van der Waals surface area contributed by atoms with Crippen LogP contribution in [0, 0.1) is 13.8 Å². The predicted octanol–water partition coefficient (Wildman–Crippen LogP) is 3.71. The highest BCUT2D eigenvalue weighted by atomic mass is 15.0. The van der Waals surface area contributed by atoms with Gasteiger partial charge in [0.25, 0.3) is 0 Å². The Kier molecular flexibility index (Phi) is 2.63. The highest BCUT2D eigenvalue weighted by Gasteiger charge is 2.09. The van der Waals surface area contributed by atoms with Gasteiger partial charge in [0.1, 0.15) is 0 Å². The molecule has 0 N–H and O–H groups in total. The molecule has 1 aromatic carbocycles. The molecule has 2 rings (SSSR count). The molecule has 0 bridgehead atoms.